The minimum Gasteiger partial charge on any atom is -0.493 e. The summed E-state index contributed by atoms with van der Waals surface area (Å²) < 4.78 is 40.3. The first-order chi connectivity index (χ1) is 12.5. The predicted octanol–water partition coefficient (Wildman–Crippen LogP) is 2.86. The van der Waals surface area contributed by atoms with Gasteiger partial charge in [-0.15, -0.1) is 0 Å². The van der Waals surface area contributed by atoms with Crippen molar-refractivity contribution in [3.8, 4) is 11.5 Å². The molecule has 3 aromatic rings. The highest BCUT2D eigenvalue weighted by Crippen LogP contribution is 2.32. The zero-order chi connectivity index (χ0) is 18.3. The van der Waals surface area contributed by atoms with Gasteiger partial charge in [-0.05, 0) is 29.7 Å². The molecule has 7 heteroatoms. The van der Waals surface area contributed by atoms with Crippen LogP contribution in [0.5, 0.6) is 11.5 Å². The van der Waals surface area contributed by atoms with Crippen molar-refractivity contribution < 1.29 is 17.9 Å². The van der Waals surface area contributed by atoms with Gasteiger partial charge in [0.05, 0.1) is 25.7 Å². The molecule has 0 saturated carbocycles. The van der Waals surface area contributed by atoms with Gasteiger partial charge >= 0.3 is 0 Å². The van der Waals surface area contributed by atoms with Crippen molar-refractivity contribution in [2.24, 2.45) is 0 Å². The zero-order valence-electron chi connectivity index (χ0n) is 14.7. The lowest BCUT2D eigenvalue weighted by Crippen LogP contribution is -2.38. The summed E-state index contributed by atoms with van der Waals surface area (Å²) in [6.07, 6.45) is 0. The standard InChI is InChI=1S/C19H20N2O4S/c1-24-18-8-7-16(12-19(18)25-2)26(22,23)20-9-10-21-15(13-20)11-14-5-3-4-6-17(14)21/h3-8,11-12H,9-10,13H2,1-2H3. The van der Waals surface area contributed by atoms with Crippen LogP contribution in [0, 0.1) is 0 Å². The maximum absolute atomic E-state index is 13.1. The quantitative estimate of drug-likeness (QED) is 0.707. The number of methoxy groups -OCH3 is 2. The Hall–Kier alpha value is -2.51. The minimum absolute atomic E-state index is 0.208. The van der Waals surface area contributed by atoms with Gasteiger partial charge in [-0.2, -0.15) is 4.31 Å². The molecule has 0 spiro atoms. The Balaban J connectivity index is 1.69. The first kappa shape index (κ1) is 16.9. The summed E-state index contributed by atoms with van der Waals surface area (Å²) in [6.45, 7) is 1.42. The number of hydrogen-bond acceptors (Lipinski definition) is 4. The molecule has 1 aliphatic heterocycles. The van der Waals surface area contributed by atoms with E-state index in [9.17, 15) is 8.42 Å². The van der Waals surface area contributed by atoms with E-state index in [-0.39, 0.29) is 4.90 Å². The third-order valence-corrected chi connectivity index (χ3v) is 6.64. The molecule has 0 saturated heterocycles. The molecule has 2 heterocycles. The molecule has 0 bridgehead atoms. The number of para-hydroxylation sites is 1. The SMILES string of the molecule is COc1ccc(S(=O)(=O)N2CCn3c(cc4ccccc43)C2)cc1OC. The van der Waals surface area contributed by atoms with Crippen molar-refractivity contribution in [2.75, 3.05) is 20.8 Å². The maximum atomic E-state index is 13.1. The van der Waals surface area contributed by atoms with Crippen molar-refractivity contribution >= 4 is 20.9 Å². The number of sulfonamides is 1. The van der Waals surface area contributed by atoms with Crippen LogP contribution >= 0.6 is 0 Å². The Bertz CT molecular complexity index is 1070. The van der Waals surface area contributed by atoms with Gasteiger partial charge in [0, 0.05) is 30.4 Å². The number of hydrogen-bond donors (Lipinski definition) is 0. The second kappa shape index (κ2) is 6.34. The van der Waals surface area contributed by atoms with Crippen LogP contribution in [-0.2, 0) is 23.1 Å². The van der Waals surface area contributed by atoms with Crippen molar-refractivity contribution in [2.45, 2.75) is 18.0 Å². The Labute approximate surface area is 152 Å². The molecule has 2 aromatic carbocycles. The summed E-state index contributed by atoms with van der Waals surface area (Å²) in [5.41, 5.74) is 2.15. The fourth-order valence-corrected chi connectivity index (χ4v) is 4.88. The number of ether oxygens (including phenoxy) is 2. The fraction of sp³-hybridized carbons (Fsp3) is 0.263. The van der Waals surface area contributed by atoms with Crippen LogP contribution in [0.1, 0.15) is 5.69 Å². The molecule has 0 atom stereocenters. The van der Waals surface area contributed by atoms with Gasteiger partial charge in [0.2, 0.25) is 10.0 Å². The molecule has 1 aliphatic rings. The lowest BCUT2D eigenvalue weighted by Gasteiger charge is -2.28. The molecule has 0 N–H and O–H groups in total. The van der Waals surface area contributed by atoms with Gasteiger partial charge in [-0.25, -0.2) is 8.42 Å². The first-order valence-corrected chi connectivity index (χ1v) is 9.78. The van der Waals surface area contributed by atoms with Crippen molar-refractivity contribution in [1.82, 2.24) is 8.87 Å². The van der Waals surface area contributed by atoms with E-state index in [1.807, 2.05) is 18.2 Å². The molecule has 1 aromatic heterocycles. The van der Waals surface area contributed by atoms with Gasteiger partial charge in [0.15, 0.2) is 11.5 Å². The van der Waals surface area contributed by atoms with Crippen LogP contribution < -0.4 is 9.47 Å². The number of benzene rings is 2. The topological polar surface area (TPSA) is 60.8 Å². The van der Waals surface area contributed by atoms with E-state index in [1.54, 1.807) is 12.1 Å². The number of nitrogens with zero attached hydrogens (tertiary/aromatic N) is 2. The van der Waals surface area contributed by atoms with Crippen molar-refractivity contribution in [3.05, 3.63) is 54.2 Å². The average Bonchev–Trinajstić information content (AvgIpc) is 3.05. The van der Waals surface area contributed by atoms with Gasteiger partial charge in [0.25, 0.3) is 0 Å². The van der Waals surface area contributed by atoms with Crippen LogP contribution in [0.15, 0.2) is 53.4 Å². The molecule has 4 rings (SSSR count). The Morgan fingerprint density at radius 1 is 0.923 bits per heavy atom. The van der Waals surface area contributed by atoms with Crippen LogP contribution in [0.4, 0.5) is 0 Å². The summed E-state index contributed by atoms with van der Waals surface area (Å²) in [4.78, 5) is 0.208. The van der Waals surface area contributed by atoms with Gasteiger partial charge < -0.3 is 14.0 Å². The number of rotatable bonds is 4. The molecule has 0 fully saturated rings. The van der Waals surface area contributed by atoms with E-state index in [1.165, 1.54) is 24.6 Å². The lowest BCUT2D eigenvalue weighted by atomic mass is 10.2. The van der Waals surface area contributed by atoms with E-state index in [0.717, 1.165) is 16.6 Å². The number of aromatic nitrogens is 1. The third kappa shape index (κ3) is 2.64. The summed E-state index contributed by atoms with van der Waals surface area (Å²) in [5.74, 6) is 0.907. The molecular formula is C19H20N2O4S. The van der Waals surface area contributed by atoms with Gasteiger partial charge in [-0.1, -0.05) is 18.2 Å². The highest BCUT2D eigenvalue weighted by atomic mass is 32.2. The zero-order valence-corrected chi connectivity index (χ0v) is 15.5. The molecule has 136 valence electrons. The lowest BCUT2D eigenvalue weighted by molar-refractivity contribution is 0.343. The van der Waals surface area contributed by atoms with Crippen LogP contribution in [0.3, 0.4) is 0 Å². The average molecular weight is 372 g/mol. The van der Waals surface area contributed by atoms with E-state index >= 15 is 0 Å². The second-order valence-electron chi connectivity index (χ2n) is 6.20. The van der Waals surface area contributed by atoms with Gasteiger partial charge in [0.1, 0.15) is 0 Å². The minimum atomic E-state index is -3.62. The van der Waals surface area contributed by atoms with E-state index < -0.39 is 10.0 Å². The summed E-state index contributed by atoms with van der Waals surface area (Å²) in [7, 11) is -0.598. The normalized spacial score (nSPS) is 15.0. The molecule has 0 unspecified atom stereocenters. The molecule has 0 aliphatic carbocycles. The summed E-state index contributed by atoms with van der Waals surface area (Å²) in [5, 5.41) is 1.13. The van der Waals surface area contributed by atoms with E-state index in [0.29, 0.717) is 31.1 Å². The first-order valence-electron chi connectivity index (χ1n) is 8.34. The molecular weight excluding hydrogens is 352 g/mol. The monoisotopic (exact) mass is 372 g/mol. The third-order valence-electron chi connectivity index (χ3n) is 4.80. The summed E-state index contributed by atoms with van der Waals surface area (Å²) in [6, 6.07) is 14.9. The molecule has 6 nitrogen and oxygen atoms in total. The molecule has 0 amide bonds. The smallest absolute Gasteiger partial charge is 0.243 e. The summed E-state index contributed by atoms with van der Waals surface area (Å²) >= 11 is 0. The number of fused-ring (bicyclic) bond motifs is 3. The highest BCUT2D eigenvalue weighted by molar-refractivity contribution is 7.89. The Morgan fingerprint density at radius 3 is 2.46 bits per heavy atom. The Kier molecular flexibility index (Phi) is 4.13. The van der Waals surface area contributed by atoms with Crippen molar-refractivity contribution in [3.63, 3.8) is 0 Å². The van der Waals surface area contributed by atoms with E-state index in [4.69, 9.17) is 9.47 Å². The second-order valence-corrected chi connectivity index (χ2v) is 8.14. The Morgan fingerprint density at radius 2 is 1.69 bits per heavy atom. The predicted molar refractivity (Wildman–Crippen MR) is 99.1 cm³/mol. The highest BCUT2D eigenvalue weighted by Gasteiger charge is 2.30. The fourth-order valence-electron chi connectivity index (χ4n) is 3.47. The molecule has 0 radical (unpaired) electrons. The van der Waals surface area contributed by atoms with E-state index in [2.05, 4.69) is 16.7 Å². The van der Waals surface area contributed by atoms with Gasteiger partial charge in [-0.3, -0.25) is 0 Å². The van der Waals surface area contributed by atoms with Crippen LogP contribution in [-0.4, -0.2) is 38.1 Å². The van der Waals surface area contributed by atoms with Crippen LogP contribution in [0.25, 0.3) is 10.9 Å². The maximum Gasteiger partial charge on any atom is 0.243 e. The van der Waals surface area contributed by atoms with Crippen LogP contribution in [0.2, 0.25) is 0 Å². The molecule has 26 heavy (non-hydrogen) atoms. The van der Waals surface area contributed by atoms with Crippen molar-refractivity contribution in [1.29, 1.82) is 0 Å². The largest absolute Gasteiger partial charge is 0.493 e.